The second-order valence-corrected chi connectivity index (χ2v) is 7.31. The van der Waals surface area contributed by atoms with Crippen molar-refractivity contribution in [1.29, 1.82) is 0 Å². The van der Waals surface area contributed by atoms with Gasteiger partial charge in [0, 0.05) is 11.8 Å². The minimum atomic E-state index is -0.207. The van der Waals surface area contributed by atoms with E-state index in [1.54, 1.807) is 14.2 Å². The van der Waals surface area contributed by atoms with Gasteiger partial charge in [0.25, 0.3) is 0 Å². The summed E-state index contributed by atoms with van der Waals surface area (Å²) < 4.78 is 16.5. The molecule has 1 aliphatic rings. The molecular formula is C22H28N2O3S. The molecule has 2 aromatic rings. The third-order valence-electron chi connectivity index (χ3n) is 5.15. The van der Waals surface area contributed by atoms with Crippen LogP contribution in [-0.2, 0) is 5.54 Å². The van der Waals surface area contributed by atoms with Crippen LogP contribution in [0.25, 0.3) is 0 Å². The molecule has 0 heterocycles. The number of nitrogens with one attached hydrogen (secondary N) is 2. The Morgan fingerprint density at radius 1 is 1.04 bits per heavy atom. The summed E-state index contributed by atoms with van der Waals surface area (Å²) in [5.74, 6) is 2.29. The maximum absolute atomic E-state index is 5.64. The number of hydrogen-bond donors (Lipinski definition) is 2. The molecule has 0 spiro atoms. The Morgan fingerprint density at radius 2 is 1.79 bits per heavy atom. The van der Waals surface area contributed by atoms with E-state index in [0.717, 1.165) is 54.2 Å². The zero-order valence-corrected chi connectivity index (χ0v) is 17.5. The largest absolute Gasteiger partial charge is 0.494 e. The van der Waals surface area contributed by atoms with Gasteiger partial charge >= 0.3 is 0 Å². The molecule has 0 aliphatic heterocycles. The first-order valence-electron chi connectivity index (χ1n) is 9.65. The third-order valence-corrected chi connectivity index (χ3v) is 5.35. The lowest BCUT2D eigenvalue weighted by Gasteiger charge is -2.33. The van der Waals surface area contributed by atoms with Crippen LogP contribution in [0.5, 0.6) is 17.2 Å². The lowest BCUT2D eigenvalue weighted by atomic mass is 9.88. The number of thiocarbonyl (C=S) groups is 1. The smallest absolute Gasteiger partial charge is 0.171 e. The zero-order valence-electron chi connectivity index (χ0n) is 16.7. The fourth-order valence-electron chi connectivity index (χ4n) is 3.81. The normalized spacial score (nSPS) is 15.0. The van der Waals surface area contributed by atoms with Crippen LogP contribution in [0.1, 0.15) is 38.2 Å². The molecular weight excluding hydrogens is 372 g/mol. The first-order chi connectivity index (χ1) is 13.6. The number of hydrogen-bond acceptors (Lipinski definition) is 4. The molecule has 150 valence electrons. The van der Waals surface area contributed by atoms with Gasteiger partial charge in [-0.2, -0.15) is 0 Å². The zero-order chi connectivity index (χ0) is 20.0. The molecule has 28 heavy (non-hydrogen) atoms. The van der Waals surface area contributed by atoms with Gasteiger partial charge in [0.15, 0.2) is 16.6 Å². The first kappa shape index (κ1) is 20.3. The van der Waals surface area contributed by atoms with E-state index in [0.29, 0.717) is 11.7 Å². The Hall–Kier alpha value is -2.47. The molecule has 3 rings (SSSR count). The SMILES string of the molecule is CCOc1cccc(NC(=S)NC2(c3ccc(OC)c(OC)c3)CCCC2)c1. The van der Waals surface area contributed by atoms with Crippen LogP contribution in [-0.4, -0.2) is 25.9 Å². The van der Waals surface area contributed by atoms with Gasteiger partial charge in [0.1, 0.15) is 5.75 Å². The molecule has 0 bridgehead atoms. The average molecular weight is 401 g/mol. The second kappa shape index (κ2) is 9.15. The molecule has 1 saturated carbocycles. The van der Waals surface area contributed by atoms with Crippen LogP contribution in [0.4, 0.5) is 5.69 Å². The van der Waals surface area contributed by atoms with E-state index in [4.69, 9.17) is 26.4 Å². The van der Waals surface area contributed by atoms with Crippen LogP contribution >= 0.6 is 12.2 Å². The van der Waals surface area contributed by atoms with Gasteiger partial charge < -0.3 is 24.8 Å². The number of rotatable bonds is 7. The van der Waals surface area contributed by atoms with Crippen molar-refractivity contribution in [2.24, 2.45) is 0 Å². The Labute approximate surface area is 172 Å². The van der Waals surface area contributed by atoms with Gasteiger partial charge in [-0.05, 0) is 61.8 Å². The average Bonchev–Trinajstić information content (AvgIpc) is 3.17. The minimum Gasteiger partial charge on any atom is -0.494 e. The van der Waals surface area contributed by atoms with E-state index in [9.17, 15) is 0 Å². The molecule has 0 amide bonds. The van der Waals surface area contributed by atoms with Gasteiger partial charge in [-0.25, -0.2) is 0 Å². The summed E-state index contributed by atoms with van der Waals surface area (Å²) in [7, 11) is 3.31. The van der Waals surface area contributed by atoms with Crippen LogP contribution in [0.3, 0.4) is 0 Å². The van der Waals surface area contributed by atoms with Gasteiger partial charge in [-0.1, -0.05) is 25.0 Å². The number of benzene rings is 2. The Balaban J connectivity index is 1.79. The minimum absolute atomic E-state index is 0.207. The lowest BCUT2D eigenvalue weighted by molar-refractivity contribution is 0.340. The van der Waals surface area contributed by atoms with Crippen molar-refractivity contribution in [3.05, 3.63) is 48.0 Å². The van der Waals surface area contributed by atoms with Crippen molar-refractivity contribution in [2.45, 2.75) is 38.1 Å². The third kappa shape index (κ3) is 4.50. The first-order valence-corrected chi connectivity index (χ1v) is 10.1. The predicted octanol–water partition coefficient (Wildman–Crippen LogP) is 4.86. The van der Waals surface area contributed by atoms with E-state index in [-0.39, 0.29) is 5.54 Å². The fraction of sp³-hybridized carbons (Fsp3) is 0.409. The molecule has 5 nitrogen and oxygen atoms in total. The highest BCUT2D eigenvalue weighted by molar-refractivity contribution is 7.80. The Bertz CT molecular complexity index is 819. The van der Waals surface area contributed by atoms with E-state index in [2.05, 4.69) is 22.8 Å². The van der Waals surface area contributed by atoms with Crippen LogP contribution < -0.4 is 24.8 Å². The van der Waals surface area contributed by atoms with Gasteiger partial charge in [0.2, 0.25) is 0 Å². The molecule has 0 radical (unpaired) electrons. The standard InChI is InChI=1S/C22H28N2O3S/c1-4-27-18-9-7-8-17(15-18)23-21(28)24-22(12-5-6-13-22)16-10-11-19(25-2)20(14-16)26-3/h7-11,14-15H,4-6,12-13H2,1-3H3,(H2,23,24,28). The highest BCUT2D eigenvalue weighted by Gasteiger charge is 2.37. The molecule has 0 aromatic heterocycles. The summed E-state index contributed by atoms with van der Waals surface area (Å²) in [4.78, 5) is 0. The summed E-state index contributed by atoms with van der Waals surface area (Å²) in [6.07, 6.45) is 4.35. The Kier molecular flexibility index (Phi) is 6.62. The highest BCUT2D eigenvalue weighted by atomic mass is 32.1. The summed E-state index contributed by atoms with van der Waals surface area (Å²) in [6.45, 7) is 2.60. The second-order valence-electron chi connectivity index (χ2n) is 6.90. The molecule has 2 aromatic carbocycles. The number of methoxy groups -OCH3 is 2. The van der Waals surface area contributed by atoms with Gasteiger partial charge in [0.05, 0.1) is 26.4 Å². The van der Waals surface area contributed by atoms with E-state index >= 15 is 0 Å². The van der Waals surface area contributed by atoms with E-state index in [1.807, 2.05) is 37.3 Å². The van der Waals surface area contributed by atoms with Gasteiger partial charge in [-0.15, -0.1) is 0 Å². The summed E-state index contributed by atoms with van der Waals surface area (Å²) in [5, 5.41) is 7.48. The molecule has 0 saturated heterocycles. The van der Waals surface area contributed by atoms with Crippen LogP contribution in [0.15, 0.2) is 42.5 Å². The molecule has 1 fully saturated rings. The quantitative estimate of drug-likeness (QED) is 0.648. The van der Waals surface area contributed by atoms with Crippen molar-refractivity contribution in [1.82, 2.24) is 5.32 Å². The maximum Gasteiger partial charge on any atom is 0.171 e. The van der Waals surface area contributed by atoms with Crippen molar-refractivity contribution >= 4 is 23.0 Å². The molecule has 6 heteroatoms. The van der Waals surface area contributed by atoms with Crippen LogP contribution in [0.2, 0.25) is 0 Å². The van der Waals surface area contributed by atoms with Gasteiger partial charge in [-0.3, -0.25) is 0 Å². The van der Waals surface area contributed by atoms with Crippen molar-refractivity contribution in [2.75, 3.05) is 26.1 Å². The molecule has 1 aliphatic carbocycles. The van der Waals surface area contributed by atoms with Crippen molar-refractivity contribution in [3.8, 4) is 17.2 Å². The van der Waals surface area contributed by atoms with E-state index in [1.165, 1.54) is 0 Å². The molecule has 0 atom stereocenters. The monoisotopic (exact) mass is 400 g/mol. The summed E-state index contributed by atoms with van der Waals surface area (Å²) in [5.41, 5.74) is 1.86. The Morgan fingerprint density at radius 3 is 2.46 bits per heavy atom. The highest BCUT2D eigenvalue weighted by Crippen LogP contribution is 2.41. The van der Waals surface area contributed by atoms with E-state index < -0.39 is 0 Å². The van der Waals surface area contributed by atoms with Crippen molar-refractivity contribution in [3.63, 3.8) is 0 Å². The van der Waals surface area contributed by atoms with Crippen LogP contribution in [0, 0.1) is 0 Å². The molecule has 0 unspecified atom stereocenters. The molecule has 2 N–H and O–H groups in total. The predicted molar refractivity (Wildman–Crippen MR) is 117 cm³/mol. The maximum atomic E-state index is 5.64. The topological polar surface area (TPSA) is 51.8 Å². The summed E-state index contributed by atoms with van der Waals surface area (Å²) >= 11 is 5.64. The number of ether oxygens (including phenoxy) is 3. The number of anilines is 1. The van der Waals surface area contributed by atoms with Crippen molar-refractivity contribution < 1.29 is 14.2 Å². The lowest BCUT2D eigenvalue weighted by Crippen LogP contribution is -2.45. The summed E-state index contributed by atoms with van der Waals surface area (Å²) in [6, 6.07) is 13.9. The fourth-order valence-corrected chi connectivity index (χ4v) is 4.12.